The van der Waals surface area contributed by atoms with E-state index < -0.39 is 17.4 Å². The quantitative estimate of drug-likeness (QED) is 0.767. The number of carbonyl (C=O) groups excluding carboxylic acids is 2. The van der Waals surface area contributed by atoms with Crippen LogP contribution >= 0.6 is 0 Å². The number of carbonyl (C=O) groups is 2. The maximum atomic E-state index is 11.6. The van der Waals surface area contributed by atoms with Gasteiger partial charge in [0.15, 0.2) is 0 Å². The van der Waals surface area contributed by atoms with E-state index in [1.807, 2.05) is 13.0 Å². The van der Waals surface area contributed by atoms with Crippen LogP contribution in [-0.4, -0.2) is 26.2 Å². The van der Waals surface area contributed by atoms with Crippen LogP contribution in [0.3, 0.4) is 0 Å². The second-order valence-corrected chi connectivity index (χ2v) is 4.57. The highest BCUT2D eigenvalue weighted by Gasteiger charge is 2.38. The zero-order chi connectivity index (χ0) is 15.2. The fourth-order valence-corrected chi connectivity index (χ4v) is 1.99. The number of ether oxygens (including phenoxy) is 2. The van der Waals surface area contributed by atoms with Crippen molar-refractivity contribution in [3.8, 4) is 6.07 Å². The van der Waals surface area contributed by atoms with E-state index in [1.54, 1.807) is 18.2 Å². The summed E-state index contributed by atoms with van der Waals surface area (Å²) < 4.78 is 9.26. The third-order valence-electron chi connectivity index (χ3n) is 3.13. The van der Waals surface area contributed by atoms with Gasteiger partial charge in [-0.2, -0.15) is 5.26 Å². The largest absolute Gasteiger partial charge is 0.469 e. The molecule has 0 heterocycles. The van der Waals surface area contributed by atoms with Crippen molar-refractivity contribution in [3.63, 3.8) is 0 Å². The Labute approximate surface area is 118 Å². The van der Waals surface area contributed by atoms with Gasteiger partial charge >= 0.3 is 11.9 Å². The van der Waals surface area contributed by atoms with Gasteiger partial charge in [0, 0.05) is 0 Å². The third kappa shape index (κ3) is 3.58. The number of methoxy groups -OCH3 is 2. The molecule has 0 aliphatic heterocycles. The molecule has 0 aliphatic carbocycles. The topological polar surface area (TPSA) is 76.4 Å². The van der Waals surface area contributed by atoms with E-state index >= 15 is 0 Å². The van der Waals surface area contributed by atoms with Gasteiger partial charge in [0.2, 0.25) is 0 Å². The van der Waals surface area contributed by atoms with E-state index in [-0.39, 0.29) is 12.8 Å². The first kappa shape index (κ1) is 15.7. The predicted molar refractivity (Wildman–Crippen MR) is 71.7 cm³/mol. The Morgan fingerprint density at radius 2 is 1.75 bits per heavy atom. The van der Waals surface area contributed by atoms with Gasteiger partial charge < -0.3 is 9.47 Å². The van der Waals surface area contributed by atoms with Crippen molar-refractivity contribution >= 4 is 11.9 Å². The molecule has 0 bridgehead atoms. The lowest BCUT2D eigenvalue weighted by atomic mass is 9.75. The number of nitrogens with zero attached hydrogens (tertiary/aromatic N) is 1. The minimum atomic E-state index is -1.27. The highest BCUT2D eigenvalue weighted by atomic mass is 16.5. The molecule has 0 aromatic heterocycles. The molecule has 5 heteroatoms. The molecule has 0 spiro atoms. The maximum absolute atomic E-state index is 11.6. The van der Waals surface area contributed by atoms with Gasteiger partial charge in [0.25, 0.3) is 0 Å². The van der Waals surface area contributed by atoms with Crippen molar-refractivity contribution < 1.29 is 19.1 Å². The summed E-state index contributed by atoms with van der Waals surface area (Å²) in [4.78, 5) is 23.2. The monoisotopic (exact) mass is 275 g/mol. The molecule has 0 aliphatic rings. The van der Waals surface area contributed by atoms with Crippen molar-refractivity contribution in [2.75, 3.05) is 14.2 Å². The Hall–Kier alpha value is -2.35. The highest BCUT2D eigenvalue weighted by molar-refractivity contribution is 5.77. The Morgan fingerprint density at radius 3 is 2.15 bits per heavy atom. The van der Waals surface area contributed by atoms with Gasteiger partial charge in [-0.1, -0.05) is 29.8 Å². The van der Waals surface area contributed by atoms with E-state index in [4.69, 9.17) is 0 Å². The van der Waals surface area contributed by atoms with Crippen LogP contribution in [0.4, 0.5) is 0 Å². The lowest BCUT2D eigenvalue weighted by Crippen LogP contribution is -2.31. The number of hydrogen-bond acceptors (Lipinski definition) is 5. The standard InChI is InChI=1S/C15H17NO4/c1-11-5-4-6-12(7-11)15(10-16,8-13(17)19-2)9-14(18)20-3/h4-7H,8-9H2,1-3H3. The maximum Gasteiger partial charge on any atom is 0.307 e. The summed E-state index contributed by atoms with van der Waals surface area (Å²) in [6.07, 6.45) is -0.392. The van der Waals surface area contributed by atoms with Crippen LogP contribution in [0, 0.1) is 18.3 Å². The third-order valence-corrected chi connectivity index (χ3v) is 3.13. The summed E-state index contributed by atoms with van der Waals surface area (Å²) in [7, 11) is 2.50. The van der Waals surface area contributed by atoms with Gasteiger partial charge in [-0.25, -0.2) is 0 Å². The van der Waals surface area contributed by atoms with Crippen LogP contribution in [0.5, 0.6) is 0 Å². The second kappa shape index (κ2) is 6.71. The number of benzene rings is 1. The minimum Gasteiger partial charge on any atom is -0.469 e. The van der Waals surface area contributed by atoms with Gasteiger partial charge in [-0.3, -0.25) is 9.59 Å². The average molecular weight is 275 g/mol. The van der Waals surface area contributed by atoms with E-state index in [1.165, 1.54) is 14.2 Å². The molecule has 5 nitrogen and oxygen atoms in total. The second-order valence-electron chi connectivity index (χ2n) is 4.57. The van der Waals surface area contributed by atoms with Crippen LogP contribution in [0.15, 0.2) is 24.3 Å². The van der Waals surface area contributed by atoms with Crippen LogP contribution in [0.1, 0.15) is 24.0 Å². The lowest BCUT2D eigenvalue weighted by molar-refractivity contribution is -0.144. The summed E-state index contributed by atoms with van der Waals surface area (Å²) in [5.74, 6) is -1.09. The number of nitriles is 1. The fraction of sp³-hybridized carbons (Fsp3) is 0.400. The number of aryl methyl sites for hydroxylation is 1. The molecule has 0 unspecified atom stereocenters. The Kier molecular flexibility index (Phi) is 5.27. The molecule has 0 amide bonds. The molecule has 0 N–H and O–H groups in total. The molecule has 1 aromatic carbocycles. The van der Waals surface area contributed by atoms with Crippen molar-refractivity contribution in [2.45, 2.75) is 25.2 Å². The first-order valence-corrected chi connectivity index (χ1v) is 6.09. The molecular weight excluding hydrogens is 258 g/mol. The Bertz CT molecular complexity index is 527. The highest BCUT2D eigenvalue weighted by Crippen LogP contribution is 2.32. The summed E-state index contributed by atoms with van der Waals surface area (Å²) in [5.41, 5.74) is 0.277. The molecule has 0 saturated heterocycles. The SMILES string of the molecule is COC(=O)CC(C#N)(CC(=O)OC)c1cccc(C)c1. The van der Waals surface area contributed by atoms with Gasteiger partial charge in [-0.05, 0) is 12.5 Å². The van der Waals surface area contributed by atoms with Crippen LogP contribution in [0.25, 0.3) is 0 Å². The molecule has 0 atom stereocenters. The van der Waals surface area contributed by atoms with Gasteiger partial charge in [-0.15, -0.1) is 0 Å². The summed E-state index contributed by atoms with van der Waals surface area (Å²) >= 11 is 0. The smallest absolute Gasteiger partial charge is 0.307 e. The first-order valence-electron chi connectivity index (χ1n) is 6.09. The summed E-state index contributed by atoms with van der Waals surface area (Å²) in [5, 5.41) is 9.54. The van der Waals surface area contributed by atoms with Crippen LogP contribution < -0.4 is 0 Å². The number of rotatable bonds is 5. The fourth-order valence-electron chi connectivity index (χ4n) is 1.99. The number of hydrogen-bond donors (Lipinski definition) is 0. The Balaban J connectivity index is 3.27. The Morgan fingerprint density at radius 1 is 1.20 bits per heavy atom. The molecule has 1 rings (SSSR count). The van der Waals surface area contributed by atoms with Crippen molar-refractivity contribution in [3.05, 3.63) is 35.4 Å². The van der Waals surface area contributed by atoms with E-state index in [0.717, 1.165) is 5.56 Å². The normalized spacial score (nSPS) is 10.5. The number of esters is 2. The molecule has 0 saturated carbocycles. The van der Waals surface area contributed by atoms with Crippen LogP contribution in [0.2, 0.25) is 0 Å². The molecule has 106 valence electrons. The van der Waals surface area contributed by atoms with Gasteiger partial charge in [0.05, 0.1) is 33.1 Å². The predicted octanol–water partition coefficient (Wildman–Crippen LogP) is 1.88. The summed E-state index contributed by atoms with van der Waals surface area (Å²) in [6, 6.07) is 9.26. The van der Waals surface area contributed by atoms with E-state index in [0.29, 0.717) is 5.56 Å². The van der Waals surface area contributed by atoms with Crippen molar-refractivity contribution in [1.82, 2.24) is 0 Å². The van der Waals surface area contributed by atoms with E-state index in [9.17, 15) is 14.9 Å². The average Bonchev–Trinajstić information content (AvgIpc) is 2.46. The first-order chi connectivity index (χ1) is 9.47. The summed E-state index contributed by atoms with van der Waals surface area (Å²) in [6.45, 7) is 1.88. The molecular formula is C15H17NO4. The molecule has 1 aromatic rings. The van der Waals surface area contributed by atoms with E-state index in [2.05, 4.69) is 15.5 Å². The molecule has 0 fully saturated rings. The van der Waals surface area contributed by atoms with Crippen LogP contribution in [-0.2, 0) is 24.5 Å². The van der Waals surface area contributed by atoms with Gasteiger partial charge in [0.1, 0.15) is 5.41 Å². The lowest BCUT2D eigenvalue weighted by Gasteiger charge is -2.25. The molecule has 0 radical (unpaired) electrons. The van der Waals surface area contributed by atoms with Crippen molar-refractivity contribution in [2.24, 2.45) is 0 Å². The zero-order valence-corrected chi connectivity index (χ0v) is 11.8. The van der Waals surface area contributed by atoms with Crippen molar-refractivity contribution in [1.29, 1.82) is 5.26 Å². The minimum absolute atomic E-state index is 0.196. The molecule has 20 heavy (non-hydrogen) atoms. The zero-order valence-electron chi connectivity index (χ0n) is 11.8.